The van der Waals surface area contributed by atoms with Crippen molar-refractivity contribution in [1.29, 1.82) is 0 Å². The van der Waals surface area contributed by atoms with Crippen LogP contribution in [-0.2, 0) is 6.54 Å². The normalized spacial score (nSPS) is 11.7. The lowest BCUT2D eigenvalue weighted by molar-refractivity contribution is 0.800. The van der Waals surface area contributed by atoms with Crippen LogP contribution in [0.25, 0.3) is 32.0 Å². The first kappa shape index (κ1) is 15.1. The molecule has 5 rings (SSSR count). The number of aromatic nitrogens is 4. The Hall–Kier alpha value is -3.19. The standard InChI is InChI=1S/C19H16N6S/c1-10-8-12-14(7-6-11-17(12)23-19(21)24-18(11)20)25(10)9-16-22-13-4-2-3-5-15(13)26-16/h2-8H,9H2,1H3,(H4,20,21,23,24). The monoisotopic (exact) mass is 360 g/mol. The zero-order valence-electron chi connectivity index (χ0n) is 14.1. The maximum Gasteiger partial charge on any atom is 0.222 e. The molecule has 0 atom stereocenters. The van der Waals surface area contributed by atoms with Crippen molar-refractivity contribution in [2.75, 3.05) is 11.5 Å². The second-order valence-corrected chi connectivity index (χ2v) is 7.42. The van der Waals surface area contributed by atoms with E-state index in [0.717, 1.165) is 44.6 Å². The van der Waals surface area contributed by atoms with Crippen molar-refractivity contribution in [3.05, 3.63) is 53.2 Å². The van der Waals surface area contributed by atoms with Gasteiger partial charge < -0.3 is 16.0 Å². The molecule has 4 N–H and O–H groups in total. The Kier molecular flexibility index (Phi) is 3.14. The molecule has 2 aromatic carbocycles. The number of thiazole rings is 1. The van der Waals surface area contributed by atoms with Gasteiger partial charge in [-0.2, -0.15) is 4.98 Å². The minimum absolute atomic E-state index is 0.194. The van der Waals surface area contributed by atoms with Crippen molar-refractivity contribution >= 4 is 55.1 Å². The number of hydrogen-bond acceptors (Lipinski definition) is 6. The molecule has 0 spiro atoms. The molecule has 128 valence electrons. The van der Waals surface area contributed by atoms with E-state index in [1.54, 1.807) is 11.3 Å². The minimum atomic E-state index is 0.194. The fourth-order valence-electron chi connectivity index (χ4n) is 3.43. The van der Waals surface area contributed by atoms with Crippen LogP contribution in [-0.4, -0.2) is 19.5 Å². The lowest BCUT2D eigenvalue weighted by Gasteiger charge is -2.07. The van der Waals surface area contributed by atoms with Crippen molar-refractivity contribution < 1.29 is 0 Å². The van der Waals surface area contributed by atoms with E-state index in [0.29, 0.717) is 5.82 Å². The number of nitrogen functional groups attached to an aromatic ring is 2. The van der Waals surface area contributed by atoms with Gasteiger partial charge in [0.25, 0.3) is 0 Å². The van der Waals surface area contributed by atoms with Crippen LogP contribution >= 0.6 is 11.3 Å². The zero-order valence-corrected chi connectivity index (χ0v) is 14.9. The van der Waals surface area contributed by atoms with Crippen LogP contribution < -0.4 is 11.5 Å². The van der Waals surface area contributed by atoms with Crippen LogP contribution in [0.5, 0.6) is 0 Å². The summed E-state index contributed by atoms with van der Waals surface area (Å²) in [5.74, 6) is 0.602. The summed E-state index contributed by atoms with van der Waals surface area (Å²) >= 11 is 1.72. The maximum atomic E-state index is 6.01. The van der Waals surface area contributed by atoms with Crippen molar-refractivity contribution in [1.82, 2.24) is 19.5 Å². The molecular formula is C19H16N6S. The third-order valence-electron chi connectivity index (χ3n) is 4.63. The van der Waals surface area contributed by atoms with Gasteiger partial charge in [-0.15, -0.1) is 11.3 Å². The second kappa shape index (κ2) is 5.40. The highest BCUT2D eigenvalue weighted by atomic mass is 32.1. The molecule has 0 bridgehead atoms. The van der Waals surface area contributed by atoms with Crippen LogP contribution in [0, 0.1) is 6.92 Å². The van der Waals surface area contributed by atoms with E-state index in [2.05, 4.69) is 39.7 Å². The molecule has 26 heavy (non-hydrogen) atoms. The van der Waals surface area contributed by atoms with E-state index in [1.807, 2.05) is 24.3 Å². The molecule has 6 nitrogen and oxygen atoms in total. The van der Waals surface area contributed by atoms with E-state index in [4.69, 9.17) is 16.5 Å². The predicted octanol–water partition coefficient (Wildman–Crippen LogP) is 3.72. The fourth-order valence-corrected chi connectivity index (χ4v) is 4.39. The van der Waals surface area contributed by atoms with Gasteiger partial charge in [-0.3, -0.25) is 0 Å². The van der Waals surface area contributed by atoms with E-state index < -0.39 is 0 Å². The van der Waals surface area contributed by atoms with Crippen molar-refractivity contribution in [3.8, 4) is 0 Å². The number of para-hydroxylation sites is 1. The van der Waals surface area contributed by atoms with Crippen LogP contribution in [0.4, 0.5) is 11.8 Å². The van der Waals surface area contributed by atoms with Crippen LogP contribution in [0.15, 0.2) is 42.5 Å². The first-order valence-corrected chi connectivity index (χ1v) is 9.08. The summed E-state index contributed by atoms with van der Waals surface area (Å²) in [6, 6.07) is 14.4. The summed E-state index contributed by atoms with van der Waals surface area (Å²) in [6.07, 6.45) is 0. The fraction of sp³-hybridized carbons (Fsp3) is 0.105. The molecule has 0 aliphatic rings. The third-order valence-corrected chi connectivity index (χ3v) is 5.65. The van der Waals surface area contributed by atoms with Gasteiger partial charge in [0.2, 0.25) is 5.95 Å². The number of rotatable bonds is 2. The molecule has 0 saturated heterocycles. The molecule has 0 fully saturated rings. The Balaban J connectivity index is 1.70. The van der Waals surface area contributed by atoms with Crippen LogP contribution in [0.1, 0.15) is 10.7 Å². The summed E-state index contributed by atoms with van der Waals surface area (Å²) in [5.41, 5.74) is 15.9. The summed E-state index contributed by atoms with van der Waals surface area (Å²) in [5, 5.41) is 2.93. The van der Waals surface area contributed by atoms with E-state index in [-0.39, 0.29) is 5.95 Å². The molecular weight excluding hydrogens is 344 g/mol. The lowest BCUT2D eigenvalue weighted by atomic mass is 10.1. The van der Waals surface area contributed by atoms with Crippen LogP contribution in [0.3, 0.4) is 0 Å². The van der Waals surface area contributed by atoms with Gasteiger partial charge in [0.05, 0.1) is 27.8 Å². The van der Waals surface area contributed by atoms with Crippen LogP contribution in [0.2, 0.25) is 0 Å². The Labute approximate surface area is 153 Å². The molecule has 0 saturated carbocycles. The van der Waals surface area contributed by atoms with Gasteiger partial charge in [-0.25, -0.2) is 9.97 Å². The Morgan fingerprint density at radius 1 is 1.00 bits per heavy atom. The number of fused-ring (bicyclic) bond motifs is 4. The average Bonchev–Trinajstić information content (AvgIpc) is 3.16. The molecule has 3 heterocycles. The highest BCUT2D eigenvalue weighted by Crippen LogP contribution is 2.31. The van der Waals surface area contributed by atoms with Gasteiger partial charge in [0.15, 0.2) is 0 Å². The SMILES string of the molecule is Cc1cc2c3nc(N)nc(N)c3ccc2n1Cc1nc2ccccc2s1. The molecule has 7 heteroatoms. The molecule has 0 radical (unpaired) electrons. The van der Waals surface area contributed by atoms with Gasteiger partial charge in [0, 0.05) is 16.5 Å². The molecule has 0 unspecified atom stereocenters. The van der Waals surface area contributed by atoms with Crippen molar-refractivity contribution in [2.45, 2.75) is 13.5 Å². The molecule has 0 aliphatic carbocycles. The highest BCUT2D eigenvalue weighted by Gasteiger charge is 2.14. The number of anilines is 2. The summed E-state index contributed by atoms with van der Waals surface area (Å²) < 4.78 is 3.45. The van der Waals surface area contributed by atoms with Gasteiger partial charge in [0.1, 0.15) is 10.8 Å². The van der Waals surface area contributed by atoms with Gasteiger partial charge >= 0.3 is 0 Å². The first-order valence-electron chi connectivity index (χ1n) is 8.26. The Bertz CT molecular complexity index is 1270. The number of nitrogens with zero attached hydrogens (tertiary/aromatic N) is 4. The highest BCUT2D eigenvalue weighted by molar-refractivity contribution is 7.18. The van der Waals surface area contributed by atoms with E-state index in [9.17, 15) is 0 Å². The molecule has 5 aromatic rings. The molecule has 0 amide bonds. The number of aryl methyl sites for hydroxylation is 1. The number of nitrogens with two attached hydrogens (primary N) is 2. The predicted molar refractivity (Wildman–Crippen MR) is 107 cm³/mol. The largest absolute Gasteiger partial charge is 0.383 e. The Morgan fingerprint density at radius 3 is 2.69 bits per heavy atom. The summed E-state index contributed by atoms with van der Waals surface area (Å²) in [7, 11) is 0. The molecule has 3 aromatic heterocycles. The quantitative estimate of drug-likeness (QED) is 0.500. The topological polar surface area (TPSA) is 95.6 Å². The second-order valence-electron chi connectivity index (χ2n) is 6.31. The zero-order chi connectivity index (χ0) is 17.8. The Morgan fingerprint density at radius 2 is 1.85 bits per heavy atom. The lowest BCUT2D eigenvalue weighted by Crippen LogP contribution is -2.02. The summed E-state index contributed by atoms with van der Waals surface area (Å²) in [4.78, 5) is 13.2. The average molecular weight is 360 g/mol. The number of benzene rings is 2. The van der Waals surface area contributed by atoms with Crippen molar-refractivity contribution in [2.24, 2.45) is 0 Å². The smallest absolute Gasteiger partial charge is 0.222 e. The first-order chi connectivity index (χ1) is 12.6. The van der Waals surface area contributed by atoms with Crippen molar-refractivity contribution in [3.63, 3.8) is 0 Å². The summed E-state index contributed by atoms with van der Waals surface area (Å²) in [6.45, 7) is 2.81. The van der Waals surface area contributed by atoms with Gasteiger partial charge in [-0.1, -0.05) is 12.1 Å². The van der Waals surface area contributed by atoms with Gasteiger partial charge in [-0.05, 0) is 37.3 Å². The third kappa shape index (κ3) is 2.21. The number of hydrogen-bond donors (Lipinski definition) is 2. The minimum Gasteiger partial charge on any atom is -0.383 e. The van der Waals surface area contributed by atoms with E-state index >= 15 is 0 Å². The maximum absolute atomic E-state index is 6.01. The van der Waals surface area contributed by atoms with E-state index in [1.165, 1.54) is 4.70 Å². The molecule has 0 aliphatic heterocycles.